The number of H-pyrrole nitrogens is 1. The molecule has 0 saturated heterocycles. The summed E-state index contributed by atoms with van der Waals surface area (Å²) in [6, 6.07) is 24.9. The van der Waals surface area contributed by atoms with E-state index >= 15 is 0 Å². The lowest BCUT2D eigenvalue weighted by atomic mass is 9.96. The van der Waals surface area contributed by atoms with Gasteiger partial charge in [-0.15, -0.1) is 0 Å². The highest BCUT2D eigenvalue weighted by Crippen LogP contribution is 2.34. The number of rotatable bonds is 9. The highest BCUT2D eigenvalue weighted by Gasteiger charge is 2.17. The molecule has 6 nitrogen and oxygen atoms in total. The SMILES string of the molecule is Cc1ccc(-c2c(-c3ccc(S(N)(=O)=O)cc3)n[nH]c2CCCOCc2ccccc2)cc1. The molecule has 0 saturated carbocycles. The van der Waals surface area contributed by atoms with Crippen LogP contribution in [0.2, 0.25) is 0 Å². The Hall–Kier alpha value is -3.26. The number of nitrogens with one attached hydrogen (secondary N) is 1. The van der Waals surface area contributed by atoms with Crippen molar-refractivity contribution in [2.24, 2.45) is 5.14 Å². The lowest BCUT2D eigenvalue weighted by Crippen LogP contribution is -2.11. The fourth-order valence-corrected chi connectivity index (χ4v) is 4.23. The number of primary sulfonamides is 1. The standard InChI is InChI=1S/C26H27N3O3S/c1-19-9-11-21(12-10-19)25-24(8-5-17-32-18-20-6-3-2-4-7-20)28-29-26(25)22-13-15-23(16-14-22)33(27,30)31/h2-4,6-7,9-16H,5,8,17-18H2,1H3,(H,28,29)(H2,27,30,31). The summed E-state index contributed by atoms with van der Waals surface area (Å²) in [5, 5.41) is 13.0. The van der Waals surface area contributed by atoms with Crippen LogP contribution in [0, 0.1) is 6.92 Å². The average Bonchev–Trinajstić information content (AvgIpc) is 3.23. The molecule has 3 aromatic carbocycles. The van der Waals surface area contributed by atoms with Crippen LogP contribution in [0.3, 0.4) is 0 Å². The third-order valence-electron chi connectivity index (χ3n) is 5.46. The van der Waals surface area contributed by atoms with E-state index in [1.165, 1.54) is 17.7 Å². The van der Waals surface area contributed by atoms with Gasteiger partial charge in [0, 0.05) is 23.4 Å². The van der Waals surface area contributed by atoms with Crippen LogP contribution in [0.25, 0.3) is 22.4 Å². The molecule has 3 N–H and O–H groups in total. The van der Waals surface area contributed by atoms with Crippen LogP contribution < -0.4 is 5.14 Å². The Kier molecular flexibility index (Phi) is 7.03. The number of aromatic nitrogens is 2. The minimum atomic E-state index is -3.74. The zero-order valence-corrected chi connectivity index (χ0v) is 19.3. The molecule has 33 heavy (non-hydrogen) atoms. The molecule has 1 heterocycles. The number of nitrogens with two attached hydrogens (primary N) is 1. The Balaban J connectivity index is 1.54. The first-order chi connectivity index (χ1) is 15.9. The number of hydrogen-bond acceptors (Lipinski definition) is 4. The van der Waals surface area contributed by atoms with E-state index in [1.54, 1.807) is 12.1 Å². The quantitative estimate of drug-likeness (QED) is 0.348. The van der Waals surface area contributed by atoms with Gasteiger partial charge in [-0.3, -0.25) is 5.10 Å². The van der Waals surface area contributed by atoms with Gasteiger partial charge in [-0.2, -0.15) is 5.10 Å². The van der Waals surface area contributed by atoms with Gasteiger partial charge in [-0.05, 0) is 43.0 Å². The number of aromatic amines is 1. The zero-order valence-electron chi connectivity index (χ0n) is 18.5. The molecule has 0 bridgehead atoms. The van der Waals surface area contributed by atoms with E-state index < -0.39 is 10.0 Å². The van der Waals surface area contributed by atoms with Gasteiger partial charge < -0.3 is 4.74 Å². The molecular weight excluding hydrogens is 434 g/mol. The summed E-state index contributed by atoms with van der Waals surface area (Å²) >= 11 is 0. The molecular formula is C26H27N3O3S. The molecule has 0 radical (unpaired) electrons. The van der Waals surface area contributed by atoms with E-state index in [2.05, 4.69) is 53.5 Å². The molecule has 4 rings (SSSR count). The van der Waals surface area contributed by atoms with Crippen LogP contribution >= 0.6 is 0 Å². The Morgan fingerprint density at radius 1 is 0.909 bits per heavy atom. The molecule has 0 spiro atoms. The van der Waals surface area contributed by atoms with E-state index in [9.17, 15) is 8.42 Å². The largest absolute Gasteiger partial charge is 0.377 e. The van der Waals surface area contributed by atoms with Crippen molar-refractivity contribution in [1.29, 1.82) is 0 Å². The molecule has 0 aliphatic carbocycles. The zero-order chi connectivity index (χ0) is 23.3. The second-order valence-electron chi connectivity index (χ2n) is 8.00. The molecule has 0 amide bonds. The summed E-state index contributed by atoms with van der Waals surface area (Å²) < 4.78 is 29.1. The predicted octanol–water partition coefficient (Wildman–Crippen LogP) is 4.85. The molecule has 4 aromatic rings. The van der Waals surface area contributed by atoms with Crippen molar-refractivity contribution in [1.82, 2.24) is 10.2 Å². The number of sulfonamides is 1. The lowest BCUT2D eigenvalue weighted by Gasteiger charge is -2.09. The van der Waals surface area contributed by atoms with Crippen LogP contribution in [0.5, 0.6) is 0 Å². The van der Waals surface area contributed by atoms with Gasteiger partial charge in [0.2, 0.25) is 10.0 Å². The Morgan fingerprint density at radius 3 is 2.24 bits per heavy atom. The Morgan fingerprint density at radius 2 is 1.58 bits per heavy atom. The number of benzene rings is 3. The first-order valence-electron chi connectivity index (χ1n) is 10.8. The summed E-state index contributed by atoms with van der Waals surface area (Å²) in [5.74, 6) is 0. The van der Waals surface area contributed by atoms with E-state index in [0.29, 0.717) is 13.2 Å². The van der Waals surface area contributed by atoms with Crippen LogP contribution in [-0.2, 0) is 27.8 Å². The van der Waals surface area contributed by atoms with E-state index in [-0.39, 0.29) is 4.90 Å². The van der Waals surface area contributed by atoms with Crippen LogP contribution in [0.4, 0.5) is 0 Å². The fraction of sp³-hybridized carbons (Fsp3) is 0.192. The molecule has 0 aliphatic rings. The summed E-state index contributed by atoms with van der Waals surface area (Å²) in [7, 11) is -3.74. The van der Waals surface area contributed by atoms with Gasteiger partial charge in [0.05, 0.1) is 11.5 Å². The molecule has 0 atom stereocenters. The van der Waals surface area contributed by atoms with Gasteiger partial charge in [0.1, 0.15) is 5.69 Å². The molecule has 7 heteroatoms. The van der Waals surface area contributed by atoms with Crippen molar-refractivity contribution >= 4 is 10.0 Å². The average molecular weight is 462 g/mol. The Labute approximate surface area is 194 Å². The highest BCUT2D eigenvalue weighted by molar-refractivity contribution is 7.89. The summed E-state index contributed by atoms with van der Waals surface area (Å²) in [4.78, 5) is 0.0782. The number of nitrogens with zero attached hydrogens (tertiary/aromatic N) is 1. The van der Waals surface area contributed by atoms with Crippen molar-refractivity contribution in [3.63, 3.8) is 0 Å². The van der Waals surface area contributed by atoms with E-state index in [4.69, 9.17) is 9.88 Å². The predicted molar refractivity (Wildman–Crippen MR) is 130 cm³/mol. The van der Waals surface area contributed by atoms with Crippen molar-refractivity contribution < 1.29 is 13.2 Å². The third kappa shape index (κ3) is 5.76. The summed E-state index contributed by atoms with van der Waals surface area (Å²) in [6.45, 7) is 3.28. The normalized spacial score (nSPS) is 11.6. The highest BCUT2D eigenvalue weighted by atomic mass is 32.2. The lowest BCUT2D eigenvalue weighted by molar-refractivity contribution is 0.118. The second kappa shape index (κ2) is 10.1. The molecule has 170 valence electrons. The van der Waals surface area contributed by atoms with Gasteiger partial charge in [-0.1, -0.05) is 72.3 Å². The van der Waals surface area contributed by atoms with Crippen molar-refractivity contribution in [2.45, 2.75) is 31.3 Å². The number of hydrogen-bond donors (Lipinski definition) is 2. The monoisotopic (exact) mass is 461 g/mol. The van der Waals surface area contributed by atoms with E-state index in [0.717, 1.165) is 46.5 Å². The van der Waals surface area contributed by atoms with Crippen molar-refractivity contribution in [2.75, 3.05) is 6.61 Å². The van der Waals surface area contributed by atoms with Crippen LogP contribution in [0.1, 0.15) is 23.2 Å². The summed E-state index contributed by atoms with van der Waals surface area (Å²) in [5.41, 5.74) is 7.02. The second-order valence-corrected chi connectivity index (χ2v) is 9.56. The van der Waals surface area contributed by atoms with Crippen LogP contribution in [0.15, 0.2) is 83.8 Å². The minimum Gasteiger partial charge on any atom is -0.377 e. The molecule has 1 aromatic heterocycles. The molecule has 0 unspecified atom stereocenters. The van der Waals surface area contributed by atoms with Crippen molar-refractivity contribution in [3.8, 4) is 22.4 Å². The van der Waals surface area contributed by atoms with Crippen LogP contribution in [-0.4, -0.2) is 25.2 Å². The van der Waals surface area contributed by atoms with Gasteiger partial charge in [0.15, 0.2) is 0 Å². The fourth-order valence-electron chi connectivity index (χ4n) is 3.72. The first kappa shape index (κ1) is 22.9. The van der Waals surface area contributed by atoms with Gasteiger partial charge in [-0.25, -0.2) is 13.6 Å². The number of ether oxygens (including phenoxy) is 1. The topological polar surface area (TPSA) is 98.1 Å². The third-order valence-corrected chi connectivity index (χ3v) is 6.39. The van der Waals surface area contributed by atoms with Gasteiger partial charge >= 0.3 is 0 Å². The first-order valence-corrected chi connectivity index (χ1v) is 12.4. The molecule has 0 fully saturated rings. The maximum absolute atomic E-state index is 11.6. The Bertz CT molecular complexity index is 1300. The molecule has 0 aliphatic heterocycles. The minimum absolute atomic E-state index is 0.0782. The maximum atomic E-state index is 11.6. The number of aryl methyl sites for hydroxylation is 2. The summed E-state index contributed by atoms with van der Waals surface area (Å²) in [6.07, 6.45) is 1.62. The van der Waals surface area contributed by atoms with E-state index in [1.807, 2.05) is 18.2 Å². The van der Waals surface area contributed by atoms with Crippen molar-refractivity contribution in [3.05, 3.63) is 95.7 Å². The smallest absolute Gasteiger partial charge is 0.238 e. The maximum Gasteiger partial charge on any atom is 0.238 e. The van der Waals surface area contributed by atoms with Gasteiger partial charge in [0.25, 0.3) is 0 Å².